The number of hydrogen-bond acceptors (Lipinski definition) is 6. The highest BCUT2D eigenvalue weighted by Crippen LogP contribution is 2.27. The number of carbonyl (C=O) groups excluding carboxylic acids is 3. The second kappa shape index (κ2) is 10.7. The first-order chi connectivity index (χ1) is 15.4. The van der Waals surface area contributed by atoms with Crippen LogP contribution in [0.25, 0.3) is 0 Å². The molecule has 1 amide bonds. The van der Waals surface area contributed by atoms with Crippen molar-refractivity contribution in [1.82, 2.24) is 5.32 Å². The number of benzene rings is 2. The molecule has 3 rings (SSSR count). The summed E-state index contributed by atoms with van der Waals surface area (Å²) in [7, 11) is 2.87. The molecule has 2 atom stereocenters. The molecule has 1 N–H and O–H groups in total. The van der Waals surface area contributed by atoms with Crippen molar-refractivity contribution in [1.29, 1.82) is 0 Å². The van der Waals surface area contributed by atoms with Gasteiger partial charge in [-0.2, -0.15) is 0 Å². The molecule has 0 fully saturated rings. The van der Waals surface area contributed by atoms with E-state index in [4.69, 9.17) is 9.47 Å². The molecule has 0 saturated carbocycles. The summed E-state index contributed by atoms with van der Waals surface area (Å²) in [5, 5.41) is 2.79. The SMILES string of the molecule is COC(=O)[C@H](Cc1ccc(OC)cc1)NC(=O)[C@@H](C)c1ccc(C(=O)c2ccccc2)s1. The summed E-state index contributed by atoms with van der Waals surface area (Å²) in [4.78, 5) is 39.1. The van der Waals surface area contributed by atoms with Gasteiger partial charge in [0.1, 0.15) is 11.8 Å². The molecule has 0 aliphatic carbocycles. The van der Waals surface area contributed by atoms with Gasteiger partial charge in [-0.15, -0.1) is 11.3 Å². The van der Waals surface area contributed by atoms with Crippen LogP contribution in [0.4, 0.5) is 0 Å². The normalized spacial score (nSPS) is 12.5. The molecule has 0 spiro atoms. The molecular formula is C25H25NO5S. The van der Waals surface area contributed by atoms with Crippen molar-refractivity contribution in [2.24, 2.45) is 0 Å². The van der Waals surface area contributed by atoms with E-state index in [-0.39, 0.29) is 18.1 Å². The zero-order valence-electron chi connectivity index (χ0n) is 18.2. The molecule has 0 aliphatic rings. The van der Waals surface area contributed by atoms with E-state index in [2.05, 4.69) is 5.32 Å². The van der Waals surface area contributed by atoms with Crippen LogP contribution in [0.15, 0.2) is 66.7 Å². The third kappa shape index (κ3) is 5.62. The van der Waals surface area contributed by atoms with Gasteiger partial charge in [-0.1, -0.05) is 42.5 Å². The lowest BCUT2D eigenvalue weighted by molar-refractivity contribution is -0.145. The first-order valence-electron chi connectivity index (χ1n) is 10.1. The maximum atomic E-state index is 12.9. The number of nitrogens with one attached hydrogen (secondary N) is 1. The number of ketones is 1. The minimum Gasteiger partial charge on any atom is -0.497 e. The number of carbonyl (C=O) groups is 3. The Kier molecular flexibility index (Phi) is 7.78. The Morgan fingerprint density at radius 3 is 2.25 bits per heavy atom. The van der Waals surface area contributed by atoms with Crippen LogP contribution in [-0.2, 0) is 20.7 Å². The van der Waals surface area contributed by atoms with Crippen molar-refractivity contribution < 1.29 is 23.9 Å². The summed E-state index contributed by atoms with van der Waals surface area (Å²) in [6.45, 7) is 1.75. The molecule has 0 bridgehead atoms. The Morgan fingerprint density at radius 2 is 1.62 bits per heavy atom. The van der Waals surface area contributed by atoms with Gasteiger partial charge in [-0.3, -0.25) is 9.59 Å². The van der Waals surface area contributed by atoms with E-state index < -0.39 is 17.9 Å². The Balaban J connectivity index is 1.69. The largest absolute Gasteiger partial charge is 0.497 e. The first-order valence-corrected chi connectivity index (χ1v) is 10.9. The molecule has 1 heterocycles. The van der Waals surface area contributed by atoms with Gasteiger partial charge in [0, 0.05) is 16.9 Å². The average molecular weight is 452 g/mol. The van der Waals surface area contributed by atoms with Crippen LogP contribution in [0.3, 0.4) is 0 Å². The van der Waals surface area contributed by atoms with Crippen LogP contribution in [-0.4, -0.2) is 37.9 Å². The highest BCUT2D eigenvalue weighted by molar-refractivity contribution is 7.14. The molecule has 3 aromatic rings. The highest BCUT2D eigenvalue weighted by atomic mass is 32.1. The summed E-state index contributed by atoms with van der Waals surface area (Å²) < 4.78 is 10.0. The molecule has 0 saturated heterocycles. The molecule has 0 unspecified atom stereocenters. The topological polar surface area (TPSA) is 81.7 Å². The Bertz CT molecular complexity index is 1080. The minimum absolute atomic E-state index is 0.0820. The summed E-state index contributed by atoms with van der Waals surface area (Å²) in [6, 6.07) is 19.0. The number of thiophene rings is 1. The number of rotatable bonds is 9. The molecule has 7 heteroatoms. The maximum Gasteiger partial charge on any atom is 0.328 e. The summed E-state index contributed by atoms with van der Waals surface area (Å²) in [6.07, 6.45) is 0.289. The van der Waals surface area contributed by atoms with Gasteiger partial charge < -0.3 is 14.8 Å². The first kappa shape index (κ1) is 23.2. The third-order valence-corrected chi connectivity index (χ3v) is 6.37. The lowest BCUT2D eigenvalue weighted by Crippen LogP contribution is -2.44. The maximum absolute atomic E-state index is 12.9. The Hall–Kier alpha value is -3.45. The zero-order chi connectivity index (χ0) is 23.1. The monoisotopic (exact) mass is 451 g/mol. The van der Waals surface area contributed by atoms with Gasteiger partial charge in [0.15, 0.2) is 0 Å². The summed E-state index contributed by atoms with van der Waals surface area (Å²) >= 11 is 1.28. The van der Waals surface area contributed by atoms with Gasteiger partial charge in [-0.25, -0.2) is 4.79 Å². The van der Waals surface area contributed by atoms with Crippen molar-refractivity contribution in [3.8, 4) is 5.75 Å². The van der Waals surface area contributed by atoms with Crippen LogP contribution in [0, 0.1) is 0 Å². The van der Waals surface area contributed by atoms with Crippen LogP contribution < -0.4 is 10.1 Å². The van der Waals surface area contributed by atoms with E-state index in [1.807, 2.05) is 30.3 Å². The fourth-order valence-electron chi connectivity index (χ4n) is 3.20. The summed E-state index contributed by atoms with van der Waals surface area (Å²) in [5.74, 6) is -0.733. The van der Waals surface area contributed by atoms with E-state index in [0.29, 0.717) is 16.2 Å². The van der Waals surface area contributed by atoms with Crippen molar-refractivity contribution in [2.45, 2.75) is 25.3 Å². The second-order valence-electron chi connectivity index (χ2n) is 7.26. The van der Waals surface area contributed by atoms with Crippen molar-refractivity contribution in [3.05, 3.63) is 87.6 Å². The van der Waals surface area contributed by atoms with E-state index in [1.165, 1.54) is 18.4 Å². The van der Waals surface area contributed by atoms with Gasteiger partial charge in [0.2, 0.25) is 11.7 Å². The molecular weight excluding hydrogens is 426 g/mol. The molecule has 0 radical (unpaired) electrons. The third-order valence-electron chi connectivity index (χ3n) is 5.11. The van der Waals surface area contributed by atoms with Crippen LogP contribution in [0.1, 0.15) is 38.5 Å². The van der Waals surface area contributed by atoms with E-state index in [1.54, 1.807) is 50.4 Å². The fourth-order valence-corrected chi connectivity index (χ4v) is 4.22. The standard InChI is InChI=1S/C25H25NO5S/c1-16(21-13-14-22(32-21)23(27)18-7-5-4-6-8-18)24(28)26-20(25(29)31-3)15-17-9-11-19(30-2)12-10-17/h4-14,16,20H,15H2,1-3H3,(H,26,28)/t16-,20-/m0/s1. The quantitative estimate of drug-likeness (QED) is 0.393. The van der Waals surface area contributed by atoms with E-state index in [9.17, 15) is 14.4 Å². The zero-order valence-corrected chi connectivity index (χ0v) is 19.0. The van der Waals surface area contributed by atoms with Gasteiger partial charge in [0.05, 0.1) is 25.0 Å². The van der Waals surface area contributed by atoms with Gasteiger partial charge in [-0.05, 0) is 36.8 Å². The Labute approximate surface area is 191 Å². The van der Waals surface area contributed by atoms with Crippen molar-refractivity contribution in [2.75, 3.05) is 14.2 Å². The van der Waals surface area contributed by atoms with Gasteiger partial charge >= 0.3 is 5.97 Å². The second-order valence-corrected chi connectivity index (χ2v) is 8.37. The lowest BCUT2D eigenvalue weighted by atomic mass is 10.0. The van der Waals surface area contributed by atoms with E-state index in [0.717, 1.165) is 10.4 Å². The van der Waals surface area contributed by atoms with Crippen LogP contribution >= 0.6 is 11.3 Å². The Morgan fingerprint density at radius 1 is 0.938 bits per heavy atom. The number of esters is 1. The van der Waals surface area contributed by atoms with Gasteiger partial charge in [0.25, 0.3) is 0 Å². The molecule has 1 aromatic heterocycles. The number of methoxy groups -OCH3 is 2. The highest BCUT2D eigenvalue weighted by Gasteiger charge is 2.26. The summed E-state index contributed by atoms with van der Waals surface area (Å²) in [5.41, 5.74) is 1.46. The molecule has 32 heavy (non-hydrogen) atoms. The predicted molar refractivity (Wildman–Crippen MR) is 123 cm³/mol. The van der Waals surface area contributed by atoms with Crippen molar-refractivity contribution in [3.63, 3.8) is 0 Å². The minimum atomic E-state index is -0.825. The number of ether oxygens (including phenoxy) is 2. The smallest absolute Gasteiger partial charge is 0.328 e. The molecule has 2 aromatic carbocycles. The predicted octanol–water partition coefficient (Wildman–Crippen LogP) is 3.99. The number of hydrogen-bond donors (Lipinski definition) is 1. The van der Waals surface area contributed by atoms with Crippen LogP contribution in [0.5, 0.6) is 5.75 Å². The molecule has 0 aliphatic heterocycles. The molecule has 6 nitrogen and oxygen atoms in total. The average Bonchev–Trinajstić information content (AvgIpc) is 3.33. The molecule has 166 valence electrons. The lowest BCUT2D eigenvalue weighted by Gasteiger charge is -2.19. The van der Waals surface area contributed by atoms with Crippen LogP contribution in [0.2, 0.25) is 0 Å². The fraction of sp³-hybridized carbons (Fsp3) is 0.240. The van der Waals surface area contributed by atoms with E-state index >= 15 is 0 Å². The van der Waals surface area contributed by atoms with Crippen molar-refractivity contribution >= 4 is 29.0 Å². The number of amides is 1.